The third-order valence-corrected chi connectivity index (χ3v) is 3.42. The van der Waals surface area contributed by atoms with Crippen molar-refractivity contribution >= 4 is 21.9 Å². The number of aromatic nitrogens is 1. The minimum absolute atomic E-state index is 0.150. The summed E-state index contributed by atoms with van der Waals surface area (Å²) in [5, 5.41) is 8.95. The molecule has 0 unspecified atom stereocenters. The summed E-state index contributed by atoms with van der Waals surface area (Å²) in [4.78, 5) is 22.5. The van der Waals surface area contributed by atoms with Gasteiger partial charge >= 0.3 is 5.97 Å². The average molecular weight is 340 g/mol. The van der Waals surface area contributed by atoms with E-state index >= 15 is 0 Å². The van der Waals surface area contributed by atoms with Crippen LogP contribution in [0.5, 0.6) is 0 Å². The van der Waals surface area contributed by atoms with Crippen molar-refractivity contribution in [3.8, 4) is 0 Å². The quantitative estimate of drug-likeness (QED) is 0.935. The predicted octanol–water partition coefficient (Wildman–Crippen LogP) is 2.80. The Balaban J connectivity index is 2.48. The van der Waals surface area contributed by atoms with Crippen LogP contribution < -0.4 is 5.43 Å². The van der Waals surface area contributed by atoms with E-state index in [0.717, 1.165) is 4.47 Å². The lowest BCUT2D eigenvalue weighted by molar-refractivity contribution is 0.0694. The third kappa shape index (κ3) is 2.96. The zero-order valence-electron chi connectivity index (χ0n) is 10.6. The molecule has 0 spiro atoms. The fourth-order valence-electron chi connectivity index (χ4n) is 1.85. The summed E-state index contributed by atoms with van der Waals surface area (Å²) >= 11 is 3.26. The summed E-state index contributed by atoms with van der Waals surface area (Å²) in [6.45, 7) is 1.82. The molecule has 0 radical (unpaired) electrons. The molecule has 20 heavy (non-hydrogen) atoms. The van der Waals surface area contributed by atoms with Crippen LogP contribution in [0.15, 0.2) is 39.7 Å². The summed E-state index contributed by atoms with van der Waals surface area (Å²) in [5.74, 6) is -1.68. The van der Waals surface area contributed by atoms with Gasteiger partial charge in [0.15, 0.2) is 5.43 Å². The van der Waals surface area contributed by atoms with Gasteiger partial charge in [0.2, 0.25) is 0 Å². The SMILES string of the molecule is Cc1cc(=O)c(C(=O)O)cn1Cc1cc(Br)ccc1F. The second-order valence-electron chi connectivity index (χ2n) is 4.36. The Kier molecular flexibility index (Phi) is 4.04. The number of carboxylic acids is 1. The summed E-state index contributed by atoms with van der Waals surface area (Å²) in [6, 6.07) is 5.77. The van der Waals surface area contributed by atoms with E-state index < -0.39 is 11.4 Å². The highest BCUT2D eigenvalue weighted by Crippen LogP contribution is 2.17. The summed E-state index contributed by atoms with van der Waals surface area (Å²) in [7, 11) is 0. The van der Waals surface area contributed by atoms with Crippen LogP contribution in [-0.4, -0.2) is 15.6 Å². The monoisotopic (exact) mass is 339 g/mol. The second-order valence-corrected chi connectivity index (χ2v) is 5.28. The van der Waals surface area contributed by atoms with Crippen LogP contribution in [0.1, 0.15) is 21.6 Å². The number of carbonyl (C=O) groups is 1. The van der Waals surface area contributed by atoms with Gasteiger partial charge in [-0.05, 0) is 25.1 Å². The minimum Gasteiger partial charge on any atom is -0.477 e. The Bertz CT molecular complexity index is 740. The number of aryl methyl sites for hydroxylation is 1. The number of nitrogens with zero attached hydrogens (tertiary/aromatic N) is 1. The average Bonchev–Trinajstić information content (AvgIpc) is 2.36. The van der Waals surface area contributed by atoms with Gasteiger partial charge in [-0.3, -0.25) is 4.79 Å². The fourth-order valence-corrected chi connectivity index (χ4v) is 2.26. The van der Waals surface area contributed by atoms with Gasteiger partial charge in [-0.1, -0.05) is 15.9 Å². The largest absolute Gasteiger partial charge is 0.477 e. The molecule has 1 aromatic carbocycles. The molecule has 1 heterocycles. The van der Waals surface area contributed by atoms with Crippen molar-refractivity contribution < 1.29 is 14.3 Å². The van der Waals surface area contributed by atoms with Crippen molar-refractivity contribution in [3.05, 3.63) is 67.8 Å². The number of carboxylic acid groups (broad SMARTS) is 1. The smallest absolute Gasteiger partial charge is 0.341 e. The topological polar surface area (TPSA) is 59.3 Å². The van der Waals surface area contributed by atoms with E-state index in [4.69, 9.17) is 5.11 Å². The Morgan fingerprint density at radius 1 is 1.40 bits per heavy atom. The van der Waals surface area contributed by atoms with Gasteiger partial charge < -0.3 is 9.67 Å². The zero-order chi connectivity index (χ0) is 14.9. The molecule has 104 valence electrons. The number of aromatic carboxylic acids is 1. The first-order valence-corrected chi connectivity index (χ1v) is 6.56. The molecule has 0 aliphatic rings. The molecule has 2 rings (SSSR count). The highest BCUT2D eigenvalue weighted by molar-refractivity contribution is 9.10. The Labute approximate surface area is 122 Å². The second kappa shape index (κ2) is 5.58. The van der Waals surface area contributed by atoms with Crippen LogP contribution in [0.3, 0.4) is 0 Å². The molecular formula is C14H11BrFNO3. The zero-order valence-corrected chi connectivity index (χ0v) is 12.1. The van der Waals surface area contributed by atoms with Gasteiger partial charge in [-0.15, -0.1) is 0 Å². The number of benzene rings is 1. The van der Waals surface area contributed by atoms with Crippen LogP contribution in [0.25, 0.3) is 0 Å². The predicted molar refractivity (Wildman–Crippen MR) is 75.6 cm³/mol. The van der Waals surface area contributed by atoms with Crippen LogP contribution >= 0.6 is 15.9 Å². The van der Waals surface area contributed by atoms with E-state index in [1.807, 2.05) is 0 Å². The summed E-state index contributed by atoms with van der Waals surface area (Å²) in [6.07, 6.45) is 1.24. The van der Waals surface area contributed by atoms with Crippen molar-refractivity contribution in [1.82, 2.24) is 4.57 Å². The van der Waals surface area contributed by atoms with E-state index in [0.29, 0.717) is 11.3 Å². The van der Waals surface area contributed by atoms with Crippen molar-refractivity contribution in [3.63, 3.8) is 0 Å². The van der Waals surface area contributed by atoms with Crippen LogP contribution in [0, 0.1) is 12.7 Å². The van der Waals surface area contributed by atoms with E-state index in [1.165, 1.54) is 22.9 Å². The van der Waals surface area contributed by atoms with Crippen molar-refractivity contribution in [1.29, 1.82) is 0 Å². The Hall–Kier alpha value is -1.95. The highest BCUT2D eigenvalue weighted by atomic mass is 79.9. The maximum atomic E-state index is 13.7. The van der Waals surface area contributed by atoms with E-state index in [-0.39, 0.29) is 17.9 Å². The van der Waals surface area contributed by atoms with E-state index in [2.05, 4.69) is 15.9 Å². The molecule has 1 N–H and O–H groups in total. The minimum atomic E-state index is -1.29. The summed E-state index contributed by atoms with van der Waals surface area (Å²) < 4.78 is 16.0. The van der Waals surface area contributed by atoms with E-state index in [1.54, 1.807) is 19.1 Å². The Morgan fingerprint density at radius 3 is 2.75 bits per heavy atom. The summed E-state index contributed by atoms with van der Waals surface area (Å²) in [5.41, 5.74) is 0.0915. The number of hydrogen-bond donors (Lipinski definition) is 1. The molecule has 0 bridgehead atoms. The normalized spacial score (nSPS) is 10.6. The fraction of sp³-hybridized carbons (Fsp3) is 0.143. The molecule has 4 nitrogen and oxygen atoms in total. The number of halogens is 2. The molecule has 0 saturated carbocycles. The van der Waals surface area contributed by atoms with Gasteiger partial charge in [0, 0.05) is 28.0 Å². The molecule has 0 fully saturated rings. The number of pyridine rings is 1. The highest BCUT2D eigenvalue weighted by Gasteiger charge is 2.12. The Morgan fingerprint density at radius 2 is 2.10 bits per heavy atom. The molecule has 2 aromatic rings. The molecule has 6 heteroatoms. The van der Waals surface area contributed by atoms with Crippen LogP contribution in [0.2, 0.25) is 0 Å². The number of hydrogen-bond acceptors (Lipinski definition) is 2. The maximum Gasteiger partial charge on any atom is 0.341 e. The molecule has 0 amide bonds. The molecular weight excluding hydrogens is 329 g/mol. The maximum absolute atomic E-state index is 13.7. The van der Waals surface area contributed by atoms with Gasteiger partial charge in [0.25, 0.3) is 0 Å². The lowest BCUT2D eigenvalue weighted by Crippen LogP contribution is -2.19. The lowest BCUT2D eigenvalue weighted by Gasteiger charge is -2.12. The first-order valence-electron chi connectivity index (χ1n) is 5.77. The van der Waals surface area contributed by atoms with Gasteiger partial charge in [0.1, 0.15) is 11.4 Å². The van der Waals surface area contributed by atoms with Gasteiger partial charge in [-0.2, -0.15) is 0 Å². The van der Waals surface area contributed by atoms with Gasteiger partial charge in [-0.25, -0.2) is 9.18 Å². The first-order chi connectivity index (χ1) is 9.38. The van der Waals surface area contributed by atoms with Crippen LogP contribution in [-0.2, 0) is 6.54 Å². The molecule has 0 aliphatic carbocycles. The van der Waals surface area contributed by atoms with Crippen LogP contribution in [0.4, 0.5) is 4.39 Å². The van der Waals surface area contributed by atoms with Crippen molar-refractivity contribution in [2.45, 2.75) is 13.5 Å². The molecule has 0 saturated heterocycles. The number of rotatable bonds is 3. The van der Waals surface area contributed by atoms with Crippen molar-refractivity contribution in [2.24, 2.45) is 0 Å². The molecule has 0 aliphatic heterocycles. The van der Waals surface area contributed by atoms with Crippen molar-refractivity contribution in [2.75, 3.05) is 0 Å². The molecule has 0 atom stereocenters. The third-order valence-electron chi connectivity index (χ3n) is 2.92. The standard InChI is InChI=1S/C14H11BrFNO3/c1-8-4-13(18)11(14(19)20)7-17(8)6-9-5-10(15)2-3-12(9)16/h2-5,7H,6H2,1H3,(H,19,20). The van der Waals surface area contributed by atoms with Gasteiger partial charge in [0.05, 0.1) is 6.54 Å². The van der Waals surface area contributed by atoms with E-state index in [9.17, 15) is 14.0 Å². The lowest BCUT2D eigenvalue weighted by atomic mass is 10.2. The molecule has 1 aromatic heterocycles. The first kappa shape index (κ1) is 14.5.